The van der Waals surface area contributed by atoms with Crippen LogP contribution in [0.15, 0.2) is 18.2 Å². The molecule has 7 nitrogen and oxygen atoms in total. The Kier molecular flexibility index (Phi) is 4.66. The highest BCUT2D eigenvalue weighted by Gasteiger charge is 2.30. The predicted molar refractivity (Wildman–Crippen MR) is 84.0 cm³/mol. The van der Waals surface area contributed by atoms with E-state index in [-0.39, 0.29) is 23.7 Å². The van der Waals surface area contributed by atoms with Crippen LogP contribution in [-0.2, 0) is 4.79 Å². The molecule has 0 aromatic heterocycles. The molecule has 1 aromatic rings. The second-order valence-electron chi connectivity index (χ2n) is 4.76. The van der Waals surface area contributed by atoms with Gasteiger partial charge in [-0.15, -0.1) is 0 Å². The molecule has 112 valence electrons. The highest BCUT2D eigenvalue weighted by atomic mass is 127. The number of carboxylic acids is 1. The number of nitrogens with two attached hydrogens (primary N) is 1. The maximum Gasteiger partial charge on any atom is 0.337 e. The lowest BCUT2D eigenvalue weighted by Gasteiger charge is -2.18. The zero-order valence-electron chi connectivity index (χ0n) is 11.0. The fourth-order valence-electron chi connectivity index (χ4n) is 2.17. The molecule has 2 rings (SSSR count). The van der Waals surface area contributed by atoms with Crippen LogP contribution in [0, 0.1) is 9.49 Å². The van der Waals surface area contributed by atoms with Gasteiger partial charge < -0.3 is 21.1 Å². The summed E-state index contributed by atoms with van der Waals surface area (Å²) in [5.74, 6) is -1.88. The maximum atomic E-state index is 12.1. The molecule has 21 heavy (non-hydrogen) atoms. The first-order valence-corrected chi connectivity index (χ1v) is 7.34. The lowest BCUT2D eigenvalue weighted by atomic mass is 10.1. The summed E-state index contributed by atoms with van der Waals surface area (Å²) in [7, 11) is 0. The number of carboxylic acid groups (broad SMARTS) is 1. The Hall–Kier alpha value is -1.84. The Morgan fingerprint density at radius 3 is 2.67 bits per heavy atom. The van der Waals surface area contributed by atoms with Crippen LogP contribution in [0.25, 0.3) is 0 Å². The number of urea groups is 1. The summed E-state index contributed by atoms with van der Waals surface area (Å²) in [6.07, 6.45) is 0.529. The van der Waals surface area contributed by atoms with Gasteiger partial charge in [-0.05, 0) is 47.2 Å². The number of likely N-dealkylation sites (tertiary alicyclic amines) is 1. The molecule has 4 N–H and O–H groups in total. The molecule has 3 amide bonds. The third-order valence-corrected chi connectivity index (χ3v) is 4.00. The van der Waals surface area contributed by atoms with Gasteiger partial charge in [0.2, 0.25) is 5.91 Å². The number of carbonyl (C=O) groups is 3. The minimum atomic E-state index is -1.11. The first-order valence-electron chi connectivity index (χ1n) is 6.26. The Labute approximate surface area is 134 Å². The average molecular weight is 403 g/mol. The number of halogens is 1. The van der Waals surface area contributed by atoms with E-state index in [0.717, 1.165) is 3.57 Å². The molecular weight excluding hydrogens is 389 g/mol. The largest absolute Gasteiger partial charge is 0.478 e. The third kappa shape index (κ3) is 3.63. The van der Waals surface area contributed by atoms with Crippen molar-refractivity contribution in [3.05, 3.63) is 27.3 Å². The van der Waals surface area contributed by atoms with Gasteiger partial charge in [0.15, 0.2) is 0 Å². The average Bonchev–Trinajstić information content (AvgIpc) is 2.90. The summed E-state index contributed by atoms with van der Waals surface area (Å²) in [4.78, 5) is 35.9. The number of nitrogens with one attached hydrogen (secondary N) is 1. The van der Waals surface area contributed by atoms with Crippen molar-refractivity contribution in [3.8, 4) is 0 Å². The van der Waals surface area contributed by atoms with Crippen LogP contribution in [0.4, 0.5) is 10.5 Å². The van der Waals surface area contributed by atoms with Crippen molar-refractivity contribution in [3.63, 3.8) is 0 Å². The van der Waals surface area contributed by atoms with Crippen molar-refractivity contribution in [1.29, 1.82) is 0 Å². The highest BCUT2D eigenvalue weighted by molar-refractivity contribution is 14.1. The van der Waals surface area contributed by atoms with Gasteiger partial charge in [-0.2, -0.15) is 0 Å². The first kappa shape index (κ1) is 15.5. The predicted octanol–water partition coefficient (Wildman–Crippen LogP) is 1.33. The number of anilines is 1. The standard InChI is InChI=1S/C13H14IN3O4/c14-8-1-2-10(9(5-8)12(19)20)16-13(21)17-4-3-7(6-17)11(15)18/h1-2,5,7H,3-4,6H2,(H2,15,18)(H,16,21)(H,19,20). The molecule has 1 unspecified atom stereocenters. The smallest absolute Gasteiger partial charge is 0.337 e. The third-order valence-electron chi connectivity index (χ3n) is 3.33. The fraction of sp³-hybridized carbons (Fsp3) is 0.308. The Balaban J connectivity index is 2.10. The lowest BCUT2D eigenvalue weighted by Crippen LogP contribution is -2.35. The van der Waals surface area contributed by atoms with Crippen LogP contribution in [0.5, 0.6) is 0 Å². The van der Waals surface area contributed by atoms with Crippen molar-refractivity contribution in [2.45, 2.75) is 6.42 Å². The summed E-state index contributed by atoms with van der Waals surface area (Å²) in [5.41, 5.74) is 5.48. The number of benzene rings is 1. The van der Waals surface area contributed by atoms with Gasteiger partial charge in [0, 0.05) is 16.7 Å². The van der Waals surface area contributed by atoms with E-state index in [2.05, 4.69) is 5.32 Å². The summed E-state index contributed by atoms with van der Waals surface area (Å²) in [6, 6.07) is 4.31. The molecule has 0 radical (unpaired) electrons. The van der Waals surface area contributed by atoms with Crippen LogP contribution >= 0.6 is 22.6 Å². The molecule has 1 atom stereocenters. The SMILES string of the molecule is NC(=O)C1CCN(C(=O)Nc2ccc(I)cc2C(=O)O)C1. The van der Waals surface area contributed by atoms with E-state index in [0.29, 0.717) is 13.0 Å². The van der Waals surface area contributed by atoms with Crippen molar-refractivity contribution >= 4 is 46.2 Å². The summed E-state index contributed by atoms with van der Waals surface area (Å²) in [6.45, 7) is 0.681. The minimum absolute atomic E-state index is 0.0286. The normalized spacial score (nSPS) is 17.6. The fourth-order valence-corrected chi connectivity index (χ4v) is 2.66. The lowest BCUT2D eigenvalue weighted by molar-refractivity contribution is -0.121. The molecule has 0 aliphatic carbocycles. The molecule has 1 aromatic carbocycles. The molecule has 1 aliphatic rings. The van der Waals surface area contributed by atoms with Crippen molar-refractivity contribution in [2.24, 2.45) is 11.7 Å². The monoisotopic (exact) mass is 403 g/mol. The number of hydrogen-bond donors (Lipinski definition) is 3. The Bertz CT molecular complexity index is 605. The van der Waals surface area contributed by atoms with Gasteiger partial charge in [0.1, 0.15) is 0 Å². The van der Waals surface area contributed by atoms with E-state index < -0.39 is 17.9 Å². The molecule has 0 bridgehead atoms. The highest BCUT2D eigenvalue weighted by Crippen LogP contribution is 2.21. The number of amides is 3. The minimum Gasteiger partial charge on any atom is -0.478 e. The van der Waals surface area contributed by atoms with E-state index in [9.17, 15) is 14.4 Å². The van der Waals surface area contributed by atoms with Crippen LogP contribution in [0.2, 0.25) is 0 Å². The molecule has 1 saturated heterocycles. The van der Waals surface area contributed by atoms with Crippen molar-refractivity contribution in [1.82, 2.24) is 4.90 Å². The maximum absolute atomic E-state index is 12.1. The van der Waals surface area contributed by atoms with Gasteiger partial charge in [-0.25, -0.2) is 9.59 Å². The summed E-state index contributed by atoms with van der Waals surface area (Å²) in [5, 5.41) is 11.7. The van der Waals surface area contributed by atoms with Gasteiger partial charge >= 0.3 is 12.0 Å². The number of nitrogens with zero attached hydrogens (tertiary/aromatic N) is 1. The summed E-state index contributed by atoms with van der Waals surface area (Å²) >= 11 is 2.00. The topological polar surface area (TPSA) is 113 Å². The van der Waals surface area contributed by atoms with Crippen molar-refractivity contribution < 1.29 is 19.5 Å². The number of aromatic carboxylic acids is 1. The van der Waals surface area contributed by atoms with Gasteiger partial charge in [0.25, 0.3) is 0 Å². The van der Waals surface area contributed by atoms with E-state index in [1.807, 2.05) is 22.6 Å². The number of carbonyl (C=O) groups excluding carboxylic acids is 2. The van der Waals surface area contributed by atoms with Crippen LogP contribution in [0.1, 0.15) is 16.8 Å². The number of hydrogen-bond acceptors (Lipinski definition) is 3. The van der Waals surface area contributed by atoms with Crippen LogP contribution in [0.3, 0.4) is 0 Å². The zero-order chi connectivity index (χ0) is 15.6. The van der Waals surface area contributed by atoms with Crippen LogP contribution in [-0.4, -0.2) is 41.0 Å². The van der Waals surface area contributed by atoms with Gasteiger partial charge in [0.05, 0.1) is 17.2 Å². The van der Waals surface area contributed by atoms with Gasteiger partial charge in [-0.1, -0.05) is 0 Å². The van der Waals surface area contributed by atoms with Crippen LogP contribution < -0.4 is 11.1 Å². The van der Waals surface area contributed by atoms with E-state index in [1.165, 1.54) is 11.0 Å². The molecular formula is C13H14IN3O4. The number of primary amides is 1. The Morgan fingerprint density at radius 2 is 2.10 bits per heavy atom. The number of rotatable bonds is 3. The van der Waals surface area contributed by atoms with E-state index in [4.69, 9.17) is 10.8 Å². The van der Waals surface area contributed by atoms with E-state index in [1.54, 1.807) is 12.1 Å². The Morgan fingerprint density at radius 1 is 1.38 bits per heavy atom. The first-order chi connectivity index (χ1) is 9.88. The molecule has 0 saturated carbocycles. The second-order valence-corrected chi connectivity index (χ2v) is 6.00. The summed E-state index contributed by atoms with van der Waals surface area (Å²) < 4.78 is 0.762. The molecule has 1 heterocycles. The zero-order valence-corrected chi connectivity index (χ0v) is 13.2. The quantitative estimate of drug-likeness (QED) is 0.661. The molecule has 0 spiro atoms. The molecule has 8 heteroatoms. The van der Waals surface area contributed by atoms with E-state index >= 15 is 0 Å². The molecule has 1 aliphatic heterocycles. The molecule has 1 fully saturated rings. The van der Waals surface area contributed by atoms with Crippen molar-refractivity contribution in [2.75, 3.05) is 18.4 Å². The second kappa shape index (κ2) is 6.29. The van der Waals surface area contributed by atoms with Gasteiger partial charge in [-0.3, -0.25) is 4.79 Å².